The zero-order valence-corrected chi connectivity index (χ0v) is 17.4. The van der Waals surface area contributed by atoms with Crippen molar-refractivity contribution in [3.8, 4) is 5.75 Å². The van der Waals surface area contributed by atoms with E-state index in [4.69, 9.17) is 21.1 Å². The molecule has 28 heavy (non-hydrogen) atoms. The van der Waals surface area contributed by atoms with Gasteiger partial charge in [0, 0.05) is 5.02 Å². The lowest BCUT2D eigenvalue weighted by molar-refractivity contribution is -0.200. The standard InChI is InChI=1S/C21H25ClO5S/c1-3-26-15-7-4-12(5-8-15)10-14-11-13(6-9-16(14)22)20-18(24)17(23)19(25)21(27-20)28-2/h4-9,11,17-21,23-25H,3,10H2,1-2H3/t17-,18?,19+,20+,21-/m1/s1. The Bertz CT molecular complexity index is 783. The van der Waals surface area contributed by atoms with E-state index in [2.05, 4.69) is 0 Å². The number of ether oxygens (including phenoxy) is 2. The third kappa shape index (κ3) is 4.64. The number of rotatable bonds is 6. The first kappa shape index (κ1) is 21.4. The van der Waals surface area contributed by atoms with E-state index < -0.39 is 29.9 Å². The zero-order valence-electron chi connectivity index (χ0n) is 15.8. The highest BCUT2D eigenvalue weighted by Crippen LogP contribution is 2.37. The third-order valence-electron chi connectivity index (χ3n) is 4.83. The fourth-order valence-corrected chi connectivity index (χ4v) is 4.17. The van der Waals surface area contributed by atoms with Crippen molar-refractivity contribution >= 4 is 23.4 Å². The molecule has 0 aromatic heterocycles. The number of aliphatic hydroxyl groups excluding tert-OH is 3. The quantitative estimate of drug-likeness (QED) is 0.661. The molecule has 0 bridgehead atoms. The van der Waals surface area contributed by atoms with Gasteiger partial charge in [0.2, 0.25) is 0 Å². The summed E-state index contributed by atoms with van der Waals surface area (Å²) in [4.78, 5) is 0. The van der Waals surface area contributed by atoms with Gasteiger partial charge in [-0.3, -0.25) is 0 Å². The molecule has 5 nitrogen and oxygen atoms in total. The number of hydrogen-bond acceptors (Lipinski definition) is 6. The maximum Gasteiger partial charge on any atom is 0.132 e. The highest BCUT2D eigenvalue weighted by Gasteiger charge is 2.44. The molecule has 152 valence electrons. The van der Waals surface area contributed by atoms with Crippen LogP contribution in [0.2, 0.25) is 5.02 Å². The van der Waals surface area contributed by atoms with E-state index in [0.29, 0.717) is 23.6 Å². The number of aliphatic hydroxyl groups is 3. The van der Waals surface area contributed by atoms with Gasteiger partial charge in [0.25, 0.3) is 0 Å². The summed E-state index contributed by atoms with van der Waals surface area (Å²) < 4.78 is 11.3. The van der Waals surface area contributed by atoms with Crippen LogP contribution in [0.3, 0.4) is 0 Å². The minimum absolute atomic E-state index is 0.610. The summed E-state index contributed by atoms with van der Waals surface area (Å²) in [6.07, 6.45) is -1.99. The second kappa shape index (κ2) is 9.48. The molecule has 1 unspecified atom stereocenters. The van der Waals surface area contributed by atoms with Crippen molar-refractivity contribution < 1.29 is 24.8 Å². The first-order valence-electron chi connectivity index (χ1n) is 9.17. The Morgan fingerprint density at radius 2 is 1.75 bits per heavy atom. The van der Waals surface area contributed by atoms with Gasteiger partial charge in [-0.25, -0.2) is 0 Å². The van der Waals surface area contributed by atoms with Crippen molar-refractivity contribution in [1.29, 1.82) is 0 Å². The van der Waals surface area contributed by atoms with Crippen LogP contribution in [-0.2, 0) is 11.2 Å². The molecule has 3 rings (SSSR count). The molecule has 0 amide bonds. The maximum atomic E-state index is 10.4. The fraction of sp³-hybridized carbons (Fsp3) is 0.429. The summed E-state index contributed by atoms with van der Waals surface area (Å²) in [6.45, 7) is 2.56. The molecule has 0 aliphatic carbocycles. The van der Waals surface area contributed by atoms with E-state index in [-0.39, 0.29) is 0 Å². The molecule has 0 radical (unpaired) electrons. The normalized spacial score (nSPS) is 27.6. The fourth-order valence-electron chi connectivity index (χ4n) is 3.32. The second-order valence-corrected chi connectivity index (χ2v) is 8.08. The Morgan fingerprint density at radius 1 is 1.04 bits per heavy atom. The van der Waals surface area contributed by atoms with Crippen LogP contribution >= 0.6 is 23.4 Å². The third-order valence-corrected chi connectivity index (χ3v) is 6.05. The lowest BCUT2D eigenvalue weighted by Gasteiger charge is -2.40. The molecule has 1 saturated heterocycles. The van der Waals surface area contributed by atoms with Gasteiger partial charge in [-0.1, -0.05) is 35.9 Å². The molecule has 3 N–H and O–H groups in total. The minimum Gasteiger partial charge on any atom is -0.494 e. The summed E-state index contributed by atoms with van der Waals surface area (Å²) in [7, 11) is 0. The van der Waals surface area contributed by atoms with Gasteiger partial charge in [-0.2, -0.15) is 0 Å². The van der Waals surface area contributed by atoms with Gasteiger partial charge < -0.3 is 24.8 Å². The van der Waals surface area contributed by atoms with Crippen molar-refractivity contribution in [3.05, 3.63) is 64.2 Å². The molecule has 2 aromatic rings. The Kier molecular flexibility index (Phi) is 7.25. The second-order valence-electron chi connectivity index (χ2n) is 6.74. The van der Waals surface area contributed by atoms with Crippen molar-refractivity contribution in [2.75, 3.05) is 12.9 Å². The van der Waals surface area contributed by atoms with E-state index in [0.717, 1.165) is 16.9 Å². The van der Waals surface area contributed by atoms with Crippen molar-refractivity contribution in [2.24, 2.45) is 0 Å². The van der Waals surface area contributed by atoms with Crippen LogP contribution in [0, 0.1) is 0 Å². The Morgan fingerprint density at radius 3 is 2.39 bits per heavy atom. The Balaban J connectivity index is 1.82. The van der Waals surface area contributed by atoms with Crippen LogP contribution in [0.1, 0.15) is 29.7 Å². The van der Waals surface area contributed by atoms with Gasteiger partial charge in [0.15, 0.2) is 0 Å². The molecule has 0 spiro atoms. The lowest BCUT2D eigenvalue weighted by Crippen LogP contribution is -2.52. The molecule has 2 aromatic carbocycles. The molecule has 5 atom stereocenters. The number of hydrogen-bond donors (Lipinski definition) is 3. The predicted molar refractivity (Wildman–Crippen MR) is 111 cm³/mol. The topological polar surface area (TPSA) is 79.2 Å². The number of benzene rings is 2. The van der Waals surface area contributed by atoms with E-state index >= 15 is 0 Å². The molecular weight excluding hydrogens is 400 g/mol. The summed E-state index contributed by atoms with van der Waals surface area (Å²) in [5.41, 5.74) is 2.06. The van der Waals surface area contributed by atoms with E-state index in [1.54, 1.807) is 18.4 Å². The average Bonchev–Trinajstić information content (AvgIpc) is 2.70. The minimum atomic E-state index is -1.28. The van der Waals surface area contributed by atoms with E-state index in [9.17, 15) is 15.3 Å². The summed E-state index contributed by atoms with van der Waals surface area (Å²) >= 11 is 7.68. The SMILES string of the molecule is CCOc1ccc(Cc2cc([C@@H]3O[C@H](SC)[C@@H](O)[C@H](O)C3O)ccc2Cl)cc1. The first-order valence-corrected chi connectivity index (χ1v) is 10.8. The molecule has 1 aliphatic heterocycles. The zero-order chi connectivity index (χ0) is 20.3. The molecule has 1 heterocycles. The van der Waals surface area contributed by atoms with Gasteiger partial charge >= 0.3 is 0 Å². The average molecular weight is 425 g/mol. The molecule has 7 heteroatoms. The van der Waals surface area contributed by atoms with Crippen LogP contribution in [0.15, 0.2) is 42.5 Å². The highest BCUT2D eigenvalue weighted by molar-refractivity contribution is 7.99. The van der Waals surface area contributed by atoms with Crippen LogP contribution in [-0.4, -0.2) is 51.9 Å². The van der Waals surface area contributed by atoms with Crippen LogP contribution < -0.4 is 4.74 Å². The molecule has 1 aliphatic rings. The monoisotopic (exact) mass is 424 g/mol. The molecular formula is C21H25ClO5S. The van der Waals surface area contributed by atoms with E-state index in [1.807, 2.05) is 37.3 Å². The van der Waals surface area contributed by atoms with Crippen molar-refractivity contribution in [2.45, 2.75) is 43.2 Å². The van der Waals surface area contributed by atoms with Crippen molar-refractivity contribution in [3.63, 3.8) is 0 Å². The van der Waals surface area contributed by atoms with Crippen molar-refractivity contribution in [1.82, 2.24) is 0 Å². The van der Waals surface area contributed by atoms with Crippen LogP contribution in [0.25, 0.3) is 0 Å². The Labute approximate surface area is 174 Å². The Hall–Kier alpha value is -1.28. The summed E-state index contributed by atoms with van der Waals surface area (Å²) in [5, 5.41) is 31.2. The number of thioether (sulfide) groups is 1. The first-order chi connectivity index (χ1) is 13.4. The number of halogens is 1. The lowest BCUT2D eigenvalue weighted by atomic mass is 9.92. The summed E-state index contributed by atoms with van der Waals surface area (Å²) in [5.74, 6) is 0.820. The predicted octanol–water partition coefficient (Wildman–Crippen LogP) is 3.17. The molecule has 1 fully saturated rings. The smallest absolute Gasteiger partial charge is 0.132 e. The maximum absolute atomic E-state index is 10.4. The van der Waals surface area contributed by atoms with Gasteiger partial charge in [0.1, 0.15) is 35.6 Å². The van der Waals surface area contributed by atoms with Gasteiger partial charge in [0.05, 0.1) is 6.61 Å². The van der Waals surface area contributed by atoms with Gasteiger partial charge in [-0.15, -0.1) is 11.8 Å². The largest absolute Gasteiger partial charge is 0.494 e. The van der Waals surface area contributed by atoms with Gasteiger partial charge in [-0.05, 0) is 54.5 Å². The van der Waals surface area contributed by atoms with E-state index in [1.165, 1.54) is 11.8 Å². The van der Waals surface area contributed by atoms with Crippen LogP contribution in [0.5, 0.6) is 5.75 Å². The van der Waals surface area contributed by atoms with Crippen LogP contribution in [0.4, 0.5) is 0 Å². The highest BCUT2D eigenvalue weighted by atomic mass is 35.5. The molecule has 0 saturated carbocycles. The summed E-state index contributed by atoms with van der Waals surface area (Å²) in [6, 6.07) is 13.3.